The zero-order valence-corrected chi connectivity index (χ0v) is 12.8. The lowest BCUT2D eigenvalue weighted by atomic mass is 10.0. The van der Waals surface area contributed by atoms with Gasteiger partial charge >= 0.3 is 5.69 Å². The molecule has 0 saturated carbocycles. The number of aromatic nitrogens is 1. The first-order valence-corrected chi connectivity index (χ1v) is 7.43. The van der Waals surface area contributed by atoms with E-state index >= 15 is 0 Å². The first kappa shape index (κ1) is 16.7. The number of unbranched alkanes of at least 4 members (excludes halogenated alkanes) is 3. The zero-order chi connectivity index (χ0) is 15.0. The van der Waals surface area contributed by atoms with E-state index in [1.54, 1.807) is 0 Å². The number of rotatable bonds is 9. The van der Waals surface area contributed by atoms with Crippen molar-refractivity contribution in [3.05, 3.63) is 27.4 Å². The molecule has 0 spiro atoms. The van der Waals surface area contributed by atoms with E-state index in [1.165, 1.54) is 31.4 Å². The molecule has 0 atom stereocenters. The topological polar surface area (TPSA) is 68.1 Å². The molecule has 112 valence electrons. The van der Waals surface area contributed by atoms with Gasteiger partial charge in [-0.2, -0.15) is 0 Å². The summed E-state index contributed by atoms with van der Waals surface area (Å²) in [5.74, 6) is 1.01. The molecule has 0 aromatic carbocycles. The van der Waals surface area contributed by atoms with Crippen LogP contribution in [0.1, 0.15) is 46.0 Å². The Morgan fingerprint density at radius 1 is 1.30 bits per heavy atom. The van der Waals surface area contributed by atoms with E-state index in [1.807, 2.05) is 0 Å². The normalized spacial score (nSPS) is 10.8. The molecular formula is C14H22ClN3O2. The maximum Gasteiger partial charge on any atom is 0.311 e. The molecule has 6 heteroatoms. The number of nitro groups is 1. The molecule has 0 aliphatic heterocycles. The summed E-state index contributed by atoms with van der Waals surface area (Å²) < 4.78 is 0. The molecule has 1 aromatic heterocycles. The van der Waals surface area contributed by atoms with Gasteiger partial charge in [0.15, 0.2) is 0 Å². The monoisotopic (exact) mass is 299 g/mol. The van der Waals surface area contributed by atoms with Crippen LogP contribution in [0.5, 0.6) is 0 Å². The van der Waals surface area contributed by atoms with Gasteiger partial charge in [-0.3, -0.25) is 10.1 Å². The number of halogens is 1. The Morgan fingerprint density at radius 2 is 2.00 bits per heavy atom. The van der Waals surface area contributed by atoms with Gasteiger partial charge < -0.3 is 5.32 Å². The minimum absolute atomic E-state index is 0.0331. The van der Waals surface area contributed by atoms with Crippen LogP contribution in [0.2, 0.25) is 5.15 Å². The standard InChI is InChI=1S/C14H22ClN3O2/c1-11(2)7-5-3-4-6-10-16-14-12(18(19)20)8-9-13(15)17-14/h8-9,11H,3-7,10H2,1-2H3,(H,16,17). The first-order chi connectivity index (χ1) is 9.50. The highest BCUT2D eigenvalue weighted by molar-refractivity contribution is 6.29. The van der Waals surface area contributed by atoms with Crippen LogP contribution >= 0.6 is 11.6 Å². The molecule has 1 rings (SSSR count). The molecule has 20 heavy (non-hydrogen) atoms. The highest BCUT2D eigenvalue weighted by Crippen LogP contribution is 2.23. The van der Waals surface area contributed by atoms with Gasteiger partial charge in [-0.1, -0.05) is 51.1 Å². The smallest absolute Gasteiger partial charge is 0.311 e. The summed E-state index contributed by atoms with van der Waals surface area (Å²) in [6, 6.07) is 2.80. The van der Waals surface area contributed by atoms with E-state index in [9.17, 15) is 10.1 Å². The zero-order valence-electron chi connectivity index (χ0n) is 12.1. The van der Waals surface area contributed by atoms with Gasteiger partial charge in [0.25, 0.3) is 0 Å². The molecule has 0 saturated heterocycles. The lowest BCUT2D eigenvalue weighted by Crippen LogP contribution is -2.06. The van der Waals surface area contributed by atoms with Crippen LogP contribution in [0.4, 0.5) is 11.5 Å². The van der Waals surface area contributed by atoms with Gasteiger partial charge in [-0.25, -0.2) is 4.98 Å². The van der Waals surface area contributed by atoms with Crippen molar-refractivity contribution >= 4 is 23.1 Å². The van der Waals surface area contributed by atoms with E-state index in [-0.39, 0.29) is 16.7 Å². The third-order valence-electron chi connectivity index (χ3n) is 3.04. The summed E-state index contributed by atoms with van der Waals surface area (Å²) in [6.07, 6.45) is 5.80. The van der Waals surface area contributed by atoms with E-state index in [0.29, 0.717) is 6.54 Å². The number of nitrogens with one attached hydrogen (secondary N) is 1. The molecule has 0 bridgehead atoms. The molecule has 0 unspecified atom stereocenters. The minimum atomic E-state index is -0.450. The van der Waals surface area contributed by atoms with Crippen molar-refractivity contribution in [3.8, 4) is 0 Å². The van der Waals surface area contributed by atoms with Crippen molar-refractivity contribution in [1.82, 2.24) is 4.98 Å². The average Bonchev–Trinajstić information content (AvgIpc) is 2.37. The quantitative estimate of drug-likeness (QED) is 0.311. The Kier molecular flexibility index (Phi) is 7.30. The Morgan fingerprint density at radius 3 is 2.65 bits per heavy atom. The fraction of sp³-hybridized carbons (Fsp3) is 0.643. The Labute approximate surface area is 124 Å². The molecule has 1 heterocycles. The summed E-state index contributed by atoms with van der Waals surface area (Å²) in [4.78, 5) is 14.4. The summed E-state index contributed by atoms with van der Waals surface area (Å²) >= 11 is 5.76. The number of hydrogen-bond acceptors (Lipinski definition) is 4. The van der Waals surface area contributed by atoms with Gasteiger partial charge in [-0.05, 0) is 18.4 Å². The summed E-state index contributed by atoms with van der Waals surface area (Å²) in [7, 11) is 0. The SMILES string of the molecule is CC(C)CCCCCCNc1nc(Cl)ccc1[N+](=O)[O-]. The predicted octanol–water partition coefficient (Wildman–Crippen LogP) is 4.66. The maximum absolute atomic E-state index is 10.9. The van der Waals surface area contributed by atoms with E-state index in [0.717, 1.165) is 18.8 Å². The molecule has 0 aliphatic rings. The second-order valence-corrected chi connectivity index (χ2v) is 5.67. The lowest BCUT2D eigenvalue weighted by molar-refractivity contribution is -0.384. The number of anilines is 1. The third-order valence-corrected chi connectivity index (χ3v) is 3.25. The molecule has 0 amide bonds. The molecule has 1 aromatic rings. The minimum Gasteiger partial charge on any atom is -0.364 e. The molecule has 0 fully saturated rings. The van der Waals surface area contributed by atoms with Crippen molar-refractivity contribution in [2.24, 2.45) is 5.92 Å². The van der Waals surface area contributed by atoms with E-state index in [4.69, 9.17) is 11.6 Å². The average molecular weight is 300 g/mol. The highest BCUT2D eigenvalue weighted by Gasteiger charge is 2.14. The van der Waals surface area contributed by atoms with Gasteiger partial charge in [0, 0.05) is 12.6 Å². The van der Waals surface area contributed by atoms with E-state index < -0.39 is 4.92 Å². The first-order valence-electron chi connectivity index (χ1n) is 7.05. The van der Waals surface area contributed by atoms with Crippen molar-refractivity contribution in [1.29, 1.82) is 0 Å². The third kappa shape index (κ3) is 6.19. The van der Waals surface area contributed by atoms with Crippen LogP contribution in [0.25, 0.3) is 0 Å². The number of nitrogens with zero attached hydrogens (tertiary/aromatic N) is 2. The number of hydrogen-bond donors (Lipinski definition) is 1. The summed E-state index contributed by atoms with van der Waals surface area (Å²) in [5, 5.41) is 14.1. The van der Waals surface area contributed by atoms with Crippen molar-refractivity contribution in [2.45, 2.75) is 46.0 Å². The Balaban J connectivity index is 2.31. The van der Waals surface area contributed by atoms with Crippen LogP contribution in [-0.2, 0) is 0 Å². The van der Waals surface area contributed by atoms with Crippen LogP contribution < -0.4 is 5.32 Å². The lowest BCUT2D eigenvalue weighted by Gasteiger charge is -2.07. The van der Waals surface area contributed by atoms with Gasteiger partial charge in [0.1, 0.15) is 5.15 Å². The largest absolute Gasteiger partial charge is 0.364 e. The van der Waals surface area contributed by atoms with Crippen molar-refractivity contribution in [3.63, 3.8) is 0 Å². The molecule has 0 radical (unpaired) electrons. The molecule has 0 aliphatic carbocycles. The fourth-order valence-electron chi connectivity index (χ4n) is 1.94. The van der Waals surface area contributed by atoms with Crippen molar-refractivity contribution in [2.75, 3.05) is 11.9 Å². The molecular weight excluding hydrogens is 278 g/mol. The predicted molar refractivity (Wildman–Crippen MR) is 82.3 cm³/mol. The van der Waals surface area contributed by atoms with Crippen LogP contribution in [-0.4, -0.2) is 16.5 Å². The van der Waals surface area contributed by atoms with Crippen LogP contribution in [0, 0.1) is 16.0 Å². The Bertz CT molecular complexity index is 438. The second kappa shape index (κ2) is 8.74. The summed E-state index contributed by atoms with van der Waals surface area (Å²) in [5.41, 5.74) is -0.0331. The van der Waals surface area contributed by atoms with E-state index in [2.05, 4.69) is 24.1 Å². The fourth-order valence-corrected chi connectivity index (χ4v) is 2.09. The number of pyridine rings is 1. The van der Waals surface area contributed by atoms with Gasteiger partial charge in [-0.15, -0.1) is 0 Å². The molecule has 5 nitrogen and oxygen atoms in total. The maximum atomic E-state index is 10.9. The highest BCUT2D eigenvalue weighted by atomic mass is 35.5. The van der Waals surface area contributed by atoms with Crippen LogP contribution in [0.3, 0.4) is 0 Å². The van der Waals surface area contributed by atoms with Gasteiger partial charge in [0.05, 0.1) is 4.92 Å². The second-order valence-electron chi connectivity index (χ2n) is 5.28. The van der Waals surface area contributed by atoms with Gasteiger partial charge in [0.2, 0.25) is 5.82 Å². The Hall–Kier alpha value is -1.36. The molecule has 1 N–H and O–H groups in total. The summed E-state index contributed by atoms with van der Waals surface area (Å²) in [6.45, 7) is 5.13. The van der Waals surface area contributed by atoms with Crippen LogP contribution in [0.15, 0.2) is 12.1 Å². The van der Waals surface area contributed by atoms with Crippen molar-refractivity contribution < 1.29 is 4.92 Å².